The van der Waals surface area contributed by atoms with Gasteiger partial charge in [0.15, 0.2) is 0 Å². The molecular formula is C17H26N2O. The SMILES string of the molecule is COc1ccc2c(c1)C(N(C)C1CCCC1CN)CC2. The third-order valence-electron chi connectivity index (χ3n) is 5.34. The largest absolute Gasteiger partial charge is 0.497 e. The van der Waals surface area contributed by atoms with Gasteiger partial charge >= 0.3 is 0 Å². The monoisotopic (exact) mass is 274 g/mol. The van der Waals surface area contributed by atoms with Crippen molar-refractivity contribution >= 4 is 0 Å². The van der Waals surface area contributed by atoms with Gasteiger partial charge in [0.25, 0.3) is 0 Å². The number of hydrogen-bond donors (Lipinski definition) is 1. The summed E-state index contributed by atoms with van der Waals surface area (Å²) in [7, 11) is 4.04. The molecule has 3 nitrogen and oxygen atoms in total. The van der Waals surface area contributed by atoms with Crippen LogP contribution in [0, 0.1) is 5.92 Å². The first-order valence-electron chi connectivity index (χ1n) is 7.83. The van der Waals surface area contributed by atoms with Crippen LogP contribution in [0.5, 0.6) is 5.75 Å². The van der Waals surface area contributed by atoms with Crippen molar-refractivity contribution in [3.8, 4) is 5.75 Å². The molecule has 2 aliphatic rings. The number of nitrogens with two attached hydrogens (primary N) is 1. The number of hydrogen-bond acceptors (Lipinski definition) is 3. The summed E-state index contributed by atoms with van der Waals surface area (Å²) in [5, 5.41) is 0. The second kappa shape index (κ2) is 5.74. The molecule has 20 heavy (non-hydrogen) atoms. The molecule has 1 aromatic rings. The maximum atomic E-state index is 5.95. The van der Waals surface area contributed by atoms with E-state index in [4.69, 9.17) is 10.5 Å². The predicted octanol–water partition coefficient (Wildman–Crippen LogP) is 2.74. The van der Waals surface area contributed by atoms with Gasteiger partial charge in [0.05, 0.1) is 7.11 Å². The Labute approximate surface area is 122 Å². The standard InChI is InChI=1S/C17H26N2O/c1-19(16-5-3-4-13(16)11-18)17-9-7-12-6-8-14(20-2)10-15(12)17/h6,8,10,13,16-17H,3-5,7,9,11,18H2,1-2H3. The van der Waals surface area contributed by atoms with Crippen molar-refractivity contribution < 1.29 is 4.74 Å². The Balaban J connectivity index is 1.83. The summed E-state index contributed by atoms with van der Waals surface area (Å²) in [6.45, 7) is 0.826. The van der Waals surface area contributed by atoms with Crippen LogP contribution in [0.1, 0.15) is 42.9 Å². The quantitative estimate of drug-likeness (QED) is 0.917. The molecule has 1 aromatic carbocycles. The average molecular weight is 274 g/mol. The predicted molar refractivity (Wildman–Crippen MR) is 82.0 cm³/mol. The number of aryl methyl sites for hydroxylation is 1. The average Bonchev–Trinajstić information content (AvgIpc) is 3.12. The number of fused-ring (bicyclic) bond motifs is 1. The molecule has 3 heteroatoms. The summed E-state index contributed by atoms with van der Waals surface area (Å²) in [5.41, 5.74) is 8.91. The van der Waals surface area contributed by atoms with Crippen LogP contribution < -0.4 is 10.5 Å². The highest BCUT2D eigenvalue weighted by Crippen LogP contribution is 2.41. The third-order valence-corrected chi connectivity index (χ3v) is 5.34. The lowest BCUT2D eigenvalue weighted by Crippen LogP contribution is -2.39. The van der Waals surface area contributed by atoms with Crippen molar-refractivity contribution in [2.75, 3.05) is 20.7 Å². The zero-order valence-corrected chi connectivity index (χ0v) is 12.6. The number of nitrogens with zero attached hydrogens (tertiary/aromatic N) is 1. The lowest BCUT2D eigenvalue weighted by atomic mass is 9.99. The normalized spacial score (nSPS) is 28.9. The maximum absolute atomic E-state index is 5.95. The Kier molecular flexibility index (Phi) is 3.99. The van der Waals surface area contributed by atoms with Crippen LogP contribution in [0.2, 0.25) is 0 Å². The summed E-state index contributed by atoms with van der Waals surface area (Å²) in [5.74, 6) is 1.65. The molecule has 1 saturated carbocycles. The molecule has 3 unspecified atom stereocenters. The molecule has 3 rings (SSSR count). The summed E-state index contributed by atoms with van der Waals surface area (Å²) in [6, 6.07) is 7.74. The molecule has 110 valence electrons. The molecule has 0 aliphatic heterocycles. The van der Waals surface area contributed by atoms with Crippen LogP contribution in [-0.2, 0) is 6.42 Å². The van der Waals surface area contributed by atoms with Gasteiger partial charge in [-0.2, -0.15) is 0 Å². The van der Waals surface area contributed by atoms with E-state index in [9.17, 15) is 0 Å². The highest BCUT2D eigenvalue weighted by atomic mass is 16.5. The van der Waals surface area contributed by atoms with Crippen LogP contribution in [0.4, 0.5) is 0 Å². The lowest BCUT2D eigenvalue weighted by molar-refractivity contribution is 0.142. The minimum atomic E-state index is 0.539. The maximum Gasteiger partial charge on any atom is 0.119 e. The first-order valence-corrected chi connectivity index (χ1v) is 7.83. The van der Waals surface area contributed by atoms with E-state index in [0.29, 0.717) is 18.0 Å². The third kappa shape index (κ3) is 2.33. The van der Waals surface area contributed by atoms with Crippen molar-refractivity contribution in [3.63, 3.8) is 0 Å². The van der Waals surface area contributed by atoms with Gasteiger partial charge in [0.2, 0.25) is 0 Å². The molecule has 0 aromatic heterocycles. The fourth-order valence-electron chi connectivity index (χ4n) is 4.17. The van der Waals surface area contributed by atoms with E-state index in [2.05, 4.69) is 30.1 Å². The Hall–Kier alpha value is -1.06. The first-order chi connectivity index (χ1) is 9.74. The topological polar surface area (TPSA) is 38.5 Å². The van der Waals surface area contributed by atoms with Crippen LogP contribution >= 0.6 is 0 Å². The number of rotatable bonds is 4. The van der Waals surface area contributed by atoms with Gasteiger partial charge in [-0.25, -0.2) is 0 Å². The molecule has 0 spiro atoms. The number of methoxy groups -OCH3 is 1. The molecule has 0 heterocycles. The Morgan fingerprint density at radius 1 is 1.30 bits per heavy atom. The van der Waals surface area contributed by atoms with E-state index in [1.807, 2.05) is 0 Å². The molecule has 2 N–H and O–H groups in total. The second-order valence-electron chi connectivity index (χ2n) is 6.28. The van der Waals surface area contributed by atoms with Crippen molar-refractivity contribution in [1.29, 1.82) is 0 Å². The zero-order valence-electron chi connectivity index (χ0n) is 12.6. The Bertz CT molecular complexity index is 474. The number of ether oxygens (including phenoxy) is 1. The summed E-state index contributed by atoms with van der Waals surface area (Å²) in [4.78, 5) is 2.59. The van der Waals surface area contributed by atoms with Crippen molar-refractivity contribution in [1.82, 2.24) is 4.90 Å². The smallest absolute Gasteiger partial charge is 0.119 e. The minimum Gasteiger partial charge on any atom is -0.497 e. The van der Waals surface area contributed by atoms with Crippen LogP contribution in [0.25, 0.3) is 0 Å². The first kappa shape index (κ1) is 13.9. The molecule has 0 saturated heterocycles. The van der Waals surface area contributed by atoms with Crippen LogP contribution in [0.15, 0.2) is 18.2 Å². The van der Waals surface area contributed by atoms with E-state index in [0.717, 1.165) is 12.3 Å². The molecule has 0 bridgehead atoms. The van der Waals surface area contributed by atoms with E-state index in [1.165, 1.54) is 43.2 Å². The highest BCUT2D eigenvalue weighted by molar-refractivity contribution is 5.41. The second-order valence-corrected chi connectivity index (χ2v) is 6.28. The molecule has 1 fully saturated rings. The molecule has 2 aliphatic carbocycles. The fourth-order valence-corrected chi connectivity index (χ4v) is 4.17. The highest BCUT2D eigenvalue weighted by Gasteiger charge is 2.35. The van der Waals surface area contributed by atoms with Crippen molar-refractivity contribution in [3.05, 3.63) is 29.3 Å². The zero-order chi connectivity index (χ0) is 14.1. The Morgan fingerprint density at radius 2 is 2.15 bits per heavy atom. The minimum absolute atomic E-state index is 0.539. The van der Waals surface area contributed by atoms with Crippen LogP contribution in [0.3, 0.4) is 0 Å². The van der Waals surface area contributed by atoms with Gasteiger partial charge in [-0.05, 0) is 68.5 Å². The van der Waals surface area contributed by atoms with Gasteiger partial charge in [-0.3, -0.25) is 4.90 Å². The van der Waals surface area contributed by atoms with Gasteiger partial charge in [-0.1, -0.05) is 12.5 Å². The van der Waals surface area contributed by atoms with Gasteiger partial charge in [0.1, 0.15) is 5.75 Å². The van der Waals surface area contributed by atoms with Gasteiger partial charge < -0.3 is 10.5 Å². The number of benzene rings is 1. The molecule has 0 amide bonds. The van der Waals surface area contributed by atoms with Crippen LogP contribution in [-0.4, -0.2) is 31.6 Å². The van der Waals surface area contributed by atoms with E-state index in [-0.39, 0.29) is 0 Å². The van der Waals surface area contributed by atoms with E-state index in [1.54, 1.807) is 7.11 Å². The van der Waals surface area contributed by atoms with E-state index < -0.39 is 0 Å². The molecule has 3 atom stereocenters. The summed E-state index contributed by atoms with van der Waals surface area (Å²) in [6.07, 6.45) is 6.34. The Morgan fingerprint density at radius 3 is 2.90 bits per heavy atom. The van der Waals surface area contributed by atoms with Gasteiger partial charge in [0, 0.05) is 12.1 Å². The molecular weight excluding hydrogens is 248 g/mol. The van der Waals surface area contributed by atoms with Gasteiger partial charge in [-0.15, -0.1) is 0 Å². The van der Waals surface area contributed by atoms with Crippen molar-refractivity contribution in [2.24, 2.45) is 11.7 Å². The molecule has 0 radical (unpaired) electrons. The summed E-state index contributed by atoms with van der Waals surface area (Å²) >= 11 is 0. The summed E-state index contributed by atoms with van der Waals surface area (Å²) < 4.78 is 5.40. The van der Waals surface area contributed by atoms with Crippen molar-refractivity contribution in [2.45, 2.75) is 44.2 Å². The fraction of sp³-hybridized carbons (Fsp3) is 0.647. The van der Waals surface area contributed by atoms with E-state index >= 15 is 0 Å². The lowest BCUT2D eigenvalue weighted by Gasteiger charge is -2.34.